The van der Waals surface area contributed by atoms with E-state index in [0.29, 0.717) is 24.8 Å². The molecular formula is C17H22N4O3S. The zero-order valence-corrected chi connectivity index (χ0v) is 15.5. The SMILES string of the molecule is COc1ccc(C)cc1S(=O)(=O)N1CCn2nc(C3CC3)nc2[C@H]1C. The van der Waals surface area contributed by atoms with Gasteiger partial charge in [0.05, 0.1) is 19.7 Å². The monoisotopic (exact) mass is 362 g/mol. The first-order valence-electron chi connectivity index (χ1n) is 8.53. The molecule has 0 spiro atoms. The van der Waals surface area contributed by atoms with Gasteiger partial charge >= 0.3 is 0 Å². The van der Waals surface area contributed by atoms with Gasteiger partial charge in [0.1, 0.15) is 16.5 Å². The number of ether oxygens (including phenoxy) is 1. The Morgan fingerprint density at radius 1 is 1.24 bits per heavy atom. The molecule has 0 unspecified atom stereocenters. The van der Waals surface area contributed by atoms with Crippen LogP contribution in [0.2, 0.25) is 0 Å². The molecule has 0 saturated heterocycles. The van der Waals surface area contributed by atoms with Gasteiger partial charge in [0.25, 0.3) is 0 Å². The van der Waals surface area contributed by atoms with Crippen molar-refractivity contribution in [1.29, 1.82) is 0 Å². The Balaban J connectivity index is 1.72. The van der Waals surface area contributed by atoms with Crippen molar-refractivity contribution in [3.05, 3.63) is 35.4 Å². The fourth-order valence-corrected chi connectivity index (χ4v) is 5.14. The minimum absolute atomic E-state index is 0.206. The summed E-state index contributed by atoms with van der Waals surface area (Å²) in [5.41, 5.74) is 0.878. The lowest BCUT2D eigenvalue weighted by Crippen LogP contribution is -2.41. The third kappa shape index (κ3) is 2.73. The van der Waals surface area contributed by atoms with Gasteiger partial charge in [-0.3, -0.25) is 0 Å². The molecular weight excluding hydrogens is 340 g/mol. The van der Waals surface area contributed by atoms with E-state index in [1.807, 2.05) is 24.6 Å². The molecule has 2 aromatic rings. The standard InChI is InChI=1S/C17H22N4O3S/c1-11-4-7-14(24-3)15(10-11)25(22,23)21-9-8-20-17(12(21)2)18-16(19-20)13-5-6-13/h4,7,10,12-13H,5-6,8-9H2,1-3H3/t12-/m1/s1. The molecule has 1 aromatic heterocycles. The number of rotatable bonds is 4. The Morgan fingerprint density at radius 2 is 2.00 bits per heavy atom. The summed E-state index contributed by atoms with van der Waals surface area (Å²) in [6, 6.07) is 4.85. The average molecular weight is 362 g/mol. The van der Waals surface area contributed by atoms with Gasteiger partial charge in [-0.05, 0) is 44.4 Å². The average Bonchev–Trinajstić information content (AvgIpc) is 3.34. The number of methoxy groups -OCH3 is 1. The normalized spacial score (nSPS) is 21.2. The largest absolute Gasteiger partial charge is 0.495 e. The summed E-state index contributed by atoms with van der Waals surface area (Å²) in [7, 11) is -2.20. The van der Waals surface area contributed by atoms with Crippen molar-refractivity contribution in [2.75, 3.05) is 13.7 Å². The summed E-state index contributed by atoms with van der Waals surface area (Å²) in [5.74, 6) is 2.40. The number of hydrogen-bond acceptors (Lipinski definition) is 5. The van der Waals surface area contributed by atoms with Crippen LogP contribution < -0.4 is 4.74 Å². The van der Waals surface area contributed by atoms with Crippen LogP contribution in [0, 0.1) is 6.92 Å². The van der Waals surface area contributed by atoms with E-state index < -0.39 is 10.0 Å². The van der Waals surface area contributed by atoms with Crippen molar-refractivity contribution in [2.24, 2.45) is 0 Å². The molecule has 0 radical (unpaired) electrons. The maximum absolute atomic E-state index is 13.3. The fourth-order valence-electron chi connectivity index (χ4n) is 3.32. The van der Waals surface area contributed by atoms with Gasteiger partial charge in [-0.15, -0.1) is 0 Å². The number of nitrogens with zero attached hydrogens (tertiary/aromatic N) is 4. The first-order valence-corrected chi connectivity index (χ1v) is 9.97. The first-order chi connectivity index (χ1) is 11.9. The highest BCUT2D eigenvalue weighted by Crippen LogP contribution is 2.40. The quantitative estimate of drug-likeness (QED) is 0.834. The van der Waals surface area contributed by atoms with Crippen LogP contribution in [0.1, 0.15) is 48.9 Å². The predicted octanol–water partition coefficient (Wildman–Crippen LogP) is 2.24. The molecule has 1 atom stereocenters. The number of benzene rings is 1. The smallest absolute Gasteiger partial charge is 0.247 e. The number of aryl methyl sites for hydroxylation is 1. The van der Waals surface area contributed by atoms with Crippen LogP contribution >= 0.6 is 0 Å². The molecule has 2 heterocycles. The van der Waals surface area contributed by atoms with E-state index >= 15 is 0 Å². The minimum atomic E-state index is -3.69. The van der Waals surface area contributed by atoms with Crippen LogP contribution in [0.25, 0.3) is 0 Å². The predicted molar refractivity (Wildman–Crippen MR) is 92.0 cm³/mol. The molecule has 8 heteroatoms. The molecule has 4 rings (SSSR count). The Bertz CT molecular complexity index is 918. The third-order valence-corrected chi connectivity index (χ3v) is 6.89. The number of fused-ring (bicyclic) bond motifs is 1. The molecule has 1 fully saturated rings. The van der Waals surface area contributed by atoms with Crippen molar-refractivity contribution < 1.29 is 13.2 Å². The van der Waals surface area contributed by atoms with Crippen LogP contribution in [0.5, 0.6) is 5.75 Å². The molecule has 0 bridgehead atoms. The molecule has 1 aliphatic heterocycles. The highest BCUT2D eigenvalue weighted by Gasteiger charge is 2.39. The van der Waals surface area contributed by atoms with E-state index in [4.69, 9.17) is 4.74 Å². The zero-order valence-electron chi connectivity index (χ0n) is 14.6. The lowest BCUT2D eigenvalue weighted by molar-refractivity contribution is 0.264. The van der Waals surface area contributed by atoms with Gasteiger partial charge in [0.15, 0.2) is 5.82 Å². The van der Waals surface area contributed by atoms with E-state index in [1.54, 1.807) is 12.1 Å². The lowest BCUT2D eigenvalue weighted by Gasteiger charge is -2.32. The first kappa shape index (κ1) is 16.5. The summed E-state index contributed by atoms with van der Waals surface area (Å²) in [6.45, 7) is 4.64. The highest BCUT2D eigenvalue weighted by molar-refractivity contribution is 7.89. The number of sulfonamides is 1. The Hall–Kier alpha value is -1.93. The van der Waals surface area contributed by atoms with E-state index in [-0.39, 0.29) is 10.9 Å². The molecule has 1 aliphatic carbocycles. The Morgan fingerprint density at radius 3 is 2.68 bits per heavy atom. The second-order valence-electron chi connectivity index (χ2n) is 6.77. The lowest BCUT2D eigenvalue weighted by atomic mass is 10.2. The van der Waals surface area contributed by atoms with E-state index in [0.717, 1.165) is 30.1 Å². The summed E-state index contributed by atoms with van der Waals surface area (Å²) >= 11 is 0. The van der Waals surface area contributed by atoms with E-state index in [2.05, 4.69) is 10.1 Å². The second kappa shape index (κ2) is 5.81. The molecule has 7 nitrogen and oxygen atoms in total. The van der Waals surface area contributed by atoms with Crippen LogP contribution in [-0.2, 0) is 16.6 Å². The molecule has 1 aromatic carbocycles. The van der Waals surface area contributed by atoms with Crippen molar-refractivity contribution in [3.8, 4) is 5.75 Å². The zero-order chi connectivity index (χ0) is 17.8. The van der Waals surface area contributed by atoms with Crippen molar-refractivity contribution in [2.45, 2.75) is 50.1 Å². The van der Waals surface area contributed by atoms with Crippen LogP contribution in [-0.4, -0.2) is 41.1 Å². The van der Waals surface area contributed by atoms with Gasteiger partial charge in [0.2, 0.25) is 10.0 Å². The molecule has 25 heavy (non-hydrogen) atoms. The van der Waals surface area contributed by atoms with Crippen LogP contribution in [0.4, 0.5) is 0 Å². The Kier molecular flexibility index (Phi) is 3.84. The summed E-state index contributed by atoms with van der Waals surface area (Å²) < 4.78 is 35.2. The van der Waals surface area contributed by atoms with Crippen molar-refractivity contribution >= 4 is 10.0 Å². The number of hydrogen-bond donors (Lipinski definition) is 0. The third-order valence-electron chi connectivity index (χ3n) is 4.90. The highest BCUT2D eigenvalue weighted by atomic mass is 32.2. The van der Waals surface area contributed by atoms with Gasteiger partial charge in [-0.2, -0.15) is 9.40 Å². The maximum atomic E-state index is 13.3. The van der Waals surface area contributed by atoms with Gasteiger partial charge in [-0.1, -0.05) is 6.07 Å². The maximum Gasteiger partial charge on any atom is 0.247 e. The minimum Gasteiger partial charge on any atom is -0.495 e. The number of aromatic nitrogens is 3. The van der Waals surface area contributed by atoms with Gasteiger partial charge in [-0.25, -0.2) is 18.1 Å². The van der Waals surface area contributed by atoms with Crippen LogP contribution in [0.3, 0.4) is 0 Å². The topological polar surface area (TPSA) is 77.3 Å². The molecule has 1 saturated carbocycles. The fraction of sp³-hybridized carbons (Fsp3) is 0.529. The van der Waals surface area contributed by atoms with Crippen LogP contribution in [0.15, 0.2) is 23.1 Å². The Labute approximate surface area is 147 Å². The molecule has 0 amide bonds. The summed E-state index contributed by atoms with van der Waals surface area (Å²) in [6.07, 6.45) is 2.25. The van der Waals surface area contributed by atoms with E-state index in [1.165, 1.54) is 11.4 Å². The van der Waals surface area contributed by atoms with Gasteiger partial charge < -0.3 is 4.74 Å². The van der Waals surface area contributed by atoms with Gasteiger partial charge in [0, 0.05) is 12.5 Å². The van der Waals surface area contributed by atoms with Crippen molar-refractivity contribution in [3.63, 3.8) is 0 Å². The second-order valence-corrected chi connectivity index (χ2v) is 8.63. The molecule has 2 aliphatic rings. The summed E-state index contributed by atoms with van der Waals surface area (Å²) in [5, 5.41) is 4.56. The molecule has 0 N–H and O–H groups in total. The van der Waals surface area contributed by atoms with Crippen molar-refractivity contribution in [1.82, 2.24) is 19.1 Å². The molecule has 134 valence electrons. The van der Waals surface area contributed by atoms with E-state index in [9.17, 15) is 8.42 Å². The summed E-state index contributed by atoms with van der Waals surface area (Å²) in [4.78, 5) is 4.83.